The first-order chi connectivity index (χ1) is 10.1. The number of benzene rings is 2. The van der Waals surface area contributed by atoms with E-state index in [9.17, 15) is 0 Å². The quantitative estimate of drug-likeness (QED) is 0.835. The molecule has 0 aliphatic rings. The molecule has 0 unspecified atom stereocenters. The van der Waals surface area contributed by atoms with E-state index in [-0.39, 0.29) is 6.10 Å². The average molecular weight is 306 g/mol. The van der Waals surface area contributed by atoms with Gasteiger partial charge in [-0.1, -0.05) is 29.8 Å². The Morgan fingerprint density at radius 1 is 1.10 bits per heavy atom. The summed E-state index contributed by atoms with van der Waals surface area (Å²) in [6, 6.07) is 13.5. The van der Waals surface area contributed by atoms with E-state index in [2.05, 4.69) is 5.32 Å². The molecule has 0 saturated carbocycles. The number of nitrogens with one attached hydrogen (secondary N) is 1. The van der Waals surface area contributed by atoms with Crippen molar-refractivity contribution in [3.8, 4) is 11.5 Å². The summed E-state index contributed by atoms with van der Waals surface area (Å²) in [5.41, 5.74) is 1.96. The number of rotatable bonds is 6. The maximum absolute atomic E-state index is 6.04. The van der Waals surface area contributed by atoms with Crippen molar-refractivity contribution in [1.29, 1.82) is 0 Å². The molecule has 0 aromatic heterocycles. The number of hydrogen-bond donors (Lipinski definition) is 1. The van der Waals surface area contributed by atoms with E-state index < -0.39 is 0 Å². The lowest BCUT2D eigenvalue weighted by Gasteiger charge is -2.16. The minimum Gasteiger partial charge on any atom is -0.495 e. The topological polar surface area (TPSA) is 30.5 Å². The lowest BCUT2D eigenvalue weighted by atomic mass is 10.2. The largest absolute Gasteiger partial charge is 0.495 e. The molecule has 0 heterocycles. The number of anilines is 1. The Hall–Kier alpha value is -1.87. The summed E-state index contributed by atoms with van der Waals surface area (Å²) in [4.78, 5) is 0. The minimum atomic E-state index is 0.145. The highest BCUT2D eigenvalue weighted by atomic mass is 35.5. The van der Waals surface area contributed by atoms with E-state index in [0.29, 0.717) is 11.6 Å². The summed E-state index contributed by atoms with van der Waals surface area (Å²) in [6.07, 6.45) is 0.145. The first-order valence-corrected chi connectivity index (χ1v) is 7.30. The van der Waals surface area contributed by atoms with Crippen LogP contribution in [0.15, 0.2) is 42.5 Å². The van der Waals surface area contributed by atoms with Crippen molar-refractivity contribution in [2.75, 3.05) is 12.4 Å². The van der Waals surface area contributed by atoms with Crippen LogP contribution in [0.3, 0.4) is 0 Å². The first kappa shape index (κ1) is 15.5. The molecule has 2 aromatic rings. The molecule has 2 aromatic carbocycles. The molecule has 1 N–H and O–H groups in total. The minimum absolute atomic E-state index is 0.145. The van der Waals surface area contributed by atoms with Crippen LogP contribution in [0, 0.1) is 0 Å². The SMILES string of the molecule is COc1ccc(Cl)cc1NCc1ccccc1OC(C)C. The van der Waals surface area contributed by atoms with Gasteiger partial charge in [-0.25, -0.2) is 0 Å². The summed E-state index contributed by atoms with van der Waals surface area (Å²) in [5, 5.41) is 4.02. The first-order valence-electron chi connectivity index (χ1n) is 6.92. The standard InChI is InChI=1S/C17H20ClNO2/c1-12(2)21-16-7-5-4-6-13(16)11-19-15-10-14(18)8-9-17(15)20-3/h4-10,12,19H,11H2,1-3H3. The van der Waals surface area contributed by atoms with E-state index in [0.717, 1.165) is 22.7 Å². The molecule has 0 radical (unpaired) electrons. The van der Waals surface area contributed by atoms with Crippen LogP contribution < -0.4 is 14.8 Å². The van der Waals surface area contributed by atoms with Gasteiger partial charge in [-0.3, -0.25) is 0 Å². The third-order valence-corrected chi connectivity index (χ3v) is 3.20. The molecule has 0 aliphatic heterocycles. The summed E-state index contributed by atoms with van der Waals surface area (Å²) >= 11 is 6.04. The van der Waals surface area contributed by atoms with Crippen LogP contribution in [0.4, 0.5) is 5.69 Å². The zero-order valence-electron chi connectivity index (χ0n) is 12.5. The summed E-state index contributed by atoms with van der Waals surface area (Å²) in [7, 11) is 1.64. The van der Waals surface area contributed by atoms with E-state index in [1.165, 1.54) is 0 Å². The van der Waals surface area contributed by atoms with Gasteiger partial charge in [-0.05, 0) is 38.1 Å². The highest BCUT2D eigenvalue weighted by Crippen LogP contribution is 2.29. The Kier molecular flexibility index (Phi) is 5.34. The average Bonchev–Trinajstić information content (AvgIpc) is 2.46. The monoisotopic (exact) mass is 305 g/mol. The Bertz CT molecular complexity index is 599. The maximum atomic E-state index is 6.04. The Balaban J connectivity index is 2.15. The van der Waals surface area contributed by atoms with Gasteiger partial charge < -0.3 is 14.8 Å². The number of hydrogen-bond acceptors (Lipinski definition) is 3. The smallest absolute Gasteiger partial charge is 0.142 e. The third-order valence-electron chi connectivity index (χ3n) is 2.97. The molecule has 0 amide bonds. The van der Waals surface area contributed by atoms with Crippen molar-refractivity contribution >= 4 is 17.3 Å². The van der Waals surface area contributed by atoms with Crippen molar-refractivity contribution in [1.82, 2.24) is 0 Å². The molecule has 3 nitrogen and oxygen atoms in total. The van der Waals surface area contributed by atoms with Gasteiger partial charge in [0.05, 0.1) is 18.9 Å². The zero-order chi connectivity index (χ0) is 15.2. The number of methoxy groups -OCH3 is 1. The van der Waals surface area contributed by atoms with Gasteiger partial charge >= 0.3 is 0 Å². The predicted molar refractivity (Wildman–Crippen MR) is 87.5 cm³/mol. The molecule has 4 heteroatoms. The van der Waals surface area contributed by atoms with Gasteiger partial charge in [-0.15, -0.1) is 0 Å². The molecule has 0 saturated heterocycles. The van der Waals surface area contributed by atoms with Crippen LogP contribution in [0.5, 0.6) is 11.5 Å². The van der Waals surface area contributed by atoms with Crippen LogP contribution in [0.25, 0.3) is 0 Å². The second-order valence-electron chi connectivity index (χ2n) is 4.97. The fraction of sp³-hybridized carbons (Fsp3) is 0.294. The second kappa shape index (κ2) is 7.23. The van der Waals surface area contributed by atoms with Gasteiger partial charge in [0.1, 0.15) is 11.5 Å². The van der Waals surface area contributed by atoms with E-state index in [1.807, 2.05) is 50.2 Å². The number of halogens is 1. The molecule has 21 heavy (non-hydrogen) atoms. The molecule has 2 rings (SSSR count). The maximum Gasteiger partial charge on any atom is 0.142 e. The van der Waals surface area contributed by atoms with Crippen LogP contribution in [-0.4, -0.2) is 13.2 Å². The predicted octanol–water partition coefficient (Wildman–Crippen LogP) is 4.75. The Morgan fingerprint density at radius 2 is 1.86 bits per heavy atom. The van der Waals surface area contributed by atoms with E-state index in [1.54, 1.807) is 13.2 Å². The van der Waals surface area contributed by atoms with E-state index in [4.69, 9.17) is 21.1 Å². The van der Waals surface area contributed by atoms with Gasteiger partial charge in [0.2, 0.25) is 0 Å². The summed E-state index contributed by atoms with van der Waals surface area (Å²) in [5.74, 6) is 1.66. The lowest BCUT2D eigenvalue weighted by Crippen LogP contribution is -2.09. The lowest BCUT2D eigenvalue weighted by molar-refractivity contribution is 0.240. The third kappa shape index (κ3) is 4.30. The molecule has 0 spiro atoms. The van der Waals surface area contributed by atoms with Crippen molar-refractivity contribution in [2.45, 2.75) is 26.5 Å². The van der Waals surface area contributed by atoms with E-state index >= 15 is 0 Å². The van der Waals surface area contributed by atoms with Gasteiger partial charge in [0.15, 0.2) is 0 Å². The van der Waals surface area contributed by atoms with Crippen molar-refractivity contribution in [3.05, 3.63) is 53.1 Å². The normalized spacial score (nSPS) is 10.5. The zero-order valence-corrected chi connectivity index (χ0v) is 13.3. The van der Waals surface area contributed by atoms with Crippen molar-refractivity contribution in [3.63, 3.8) is 0 Å². The number of ether oxygens (including phenoxy) is 2. The van der Waals surface area contributed by atoms with Gasteiger partial charge in [0, 0.05) is 17.1 Å². The molecule has 0 atom stereocenters. The fourth-order valence-corrected chi connectivity index (χ4v) is 2.20. The molecule has 0 bridgehead atoms. The molecular weight excluding hydrogens is 286 g/mol. The van der Waals surface area contributed by atoms with Crippen molar-refractivity contribution < 1.29 is 9.47 Å². The molecule has 112 valence electrons. The fourth-order valence-electron chi connectivity index (χ4n) is 2.03. The molecule has 0 aliphatic carbocycles. The summed E-state index contributed by atoms with van der Waals surface area (Å²) < 4.78 is 11.1. The Labute approximate surface area is 130 Å². The van der Waals surface area contributed by atoms with Gasteiger partial charge in [0.25, 0.3) is 0 Å². The van der Waals surface area contributed by atoms with Crippen molar-refractivity contribution in [2.24, 2.45) is 0 Å². The molecular formula is C17H20ClNO2. The van der Waals surface area contributed by atoms with Gasteiger partial charge in [-0.2, -0.15) is 0 Å². The molecule has 0 fully saturated rings. The van der Waals surface area contributed by atoms with Crippen LogP contribution in [-0.2, 0) is 6.54 Å². The highest BCUT2D eigenvalue weighted by molar-refractivity contribution is 6.30. The Morgan fingerprint density at radius 3 is 2.57 bits per heavy atom. The van der Waals surface area contributed by atoms with Crippen LogP contribution in [0.1, 0.15) is 19.4 Å². The van der Waals surface area contributed by atoms with Crippen LogP contribution >= 0.6 is 11.6 Å². The van der Waals surface area contributed by atoms with Crippen LogP contribution in [0.2, 0.25) is 5.02 Å². The number of para-hydroxylation sites is 1. The summed E-state index contributed by atoms with van der Waals surface area (Å²) in [6.45, 7) is 4.67. The second-order valence-corrected chi connectivity index (χ2v) is 5.41. The highest BCUT2D eigenvalue weighted by Gasteiger charge is 2.07.